The summed E-state index contributed by atoms with van der Waals surface area (Å²) in [5, 5.41) is 0. The summed E-state index contributed by atoms with van der Waals surface area (Å²) in [5.74, 6) is 1.09. The first kappa shape index (κ1) is 10.7. The smallest absolute Gasteiger partial charge is 0.292 e. The summed E-state index contributed by atoms with van der Waals surface area (Å²) in [6.07, 6.45) is 0. The zero-order valence-electron chi connectivity index (χ0n) is 9.82. The van der Waals surface area contributed by atoms with Crippen molar-refractivity contribution in [3.8, 4) is 11.3 Å². The van der Waals surface area contributed by atoms with E-state index in [2.05, 4.69) is 37.9 Å². The molecule has 0 aliphatic carbocycles. The van der Waals surface area contributed by atoms with Gasteiger partial charge < -0.3 is 10.2 Å². The summed E-state index contributed by atoms with van der Waals surface area (Å²) in [5.41, 5.74) is 8.78. The lowest BCUT2D eigenvalue weighted by Gasteiger charge is -2.03. The van der Waals surface area contributed by atoms with E-state index in [9.17, 15) is 0 Å². The number of nitrogens with two attached hydrogens (primary N) is 1. The minimum atomic E-state index is 0.235. The van der Waals surface area contributed by atoms with Gasteiger partial charge in [-0.15, -0.1) is 0 Å². The fourth-order valence-electron chi connectivity index (χ4n) is 1.65. The van der Waals surface area contributed by atoms with Gasteiger partial charge >= 0.3 is 0 Å². The molecule has 2 rings (SSSR count). The van der Waals surface area contributed by atoms with Crippen LogP contribution in [0.25, 0.3) is 11.3 Å². The third-order valence-corrected chi connectivity index (χ3v) is 2.53. The third-order valence-electron chi connectivity index (χ3n) is 2.53. The molecule has 3 heteroatoms. The number of oxazole rings is 1. The van der Waals surface area contributed by atoms with Gasteiger partial charge in [-0.2, -0.15) is 4.98 Å². The summed E-state index contributed by atoms with van der Waals surface area (Å²) < 4.78 is 5.47. The lowest BCUT2D eigenvalue weighted by molar-refractivity contribution is 0.592. The molecule has 16 heavy (non-hydrogen) atoms. The van der Waals surface area contributed by atoms with Crippen molar-refractivity contribution in [1.82, 2.24) is 4.98 Å². The first-order chi connectivity index (χ1) is 7.58. The average molecular weight is 216 g/mol. The standard InChI is InChI=1S/C13H16N2O/c1-8(2)11-12(16-13(14)15-11)10-6-4-9(3)5-7-10/h4-8H,1-3H3,(H2,14,15). The maximum absolute atomic E-state index is 5.61. The fraction of sp³-hybridized carbons (Fsp3) is 0.308. The van der Waals surface area contributed by atoms with Crippen molar-refractivity contribution in [2.75, 3.05) is 5.73 Å². The second-order valence-corrected chi connectivity index (χ2v) is 4.29. The van der Waals surface area contributed by atoms with Crippen LogP contribution in [0, 0.1) is 6.92 Å². The molecule has 2 N–H and O–H groups in total. The molecule has 0 saturated carbocycles. The van der Waals surface area contributed by atoms with E-state index in [0.717, 1.165) is 17.0 Å². The minimum Gasteiger partial charge on any atom is -0.423 e. The van der Waals surface area contributed by atoms with Crippen LogP contribution in [0.2, 0.25) is 0 Å². The predicted octanol–water partition coefficient (Wildman–Crippen LogP) is 3.36. The van der Waals surface area contributed by atoms with E-state index in [-0.39, 0.29) is 6.01 Å². The van der Waals surface area contributed by atoms with Crippen molar-refractivity contribution in [2.45, 2.75) is 26.7 Å². The zero-order valence-corrected chi connectivity index (χ0v) is 9.82. The molecule has 0 aliphatic heterocycles. The van der Waals surface area contributed by atoms with Gasteiger partial charge in [0.15, 0.2) is 5.76 Å². The van der Waals surface area contributed by atoms with Crippen molar-refractivity contribution in [1.29, 1.82) is 0 Å². The van der Waals surface area contributed by atoms with Gasteiger partial charge in [-0.1, -0.05) is 43.7 Å². The summed E-state index contributed by atoms with van der Waals surface area (Å²) in [7, 11) is 0. The monoisotopic (exact) mass is 216 g/mol. The molecule has 0 spiro atoms. The second kappa shape index (κ2) is 4.00. The van der Waals surface area contributed by atoms with E-state index >= 15 is 0 Å². The van der Waals surface area contributed by atoms with E-state index in [1.54, 1.807) is 0 Å². The number of aromatic nitrogens is 1. The molecule has 0 bridgehead atoms. The number of hydrogen-bond donors (Lipinski definition) is 1. The summed E-state index contributed by atoms with van der Waals surface area (Å²) >= 11 is 0. The van der Waals surface area contributed by atoms with Gasteiger partial charge in [-0.3, -0.25) is 0 Å². The van der Waals surface area contributed by atoms with Crippen molar-refractivity contribution in [2.24, 2.45) is 0 Å². The average Bonchev–Trinajstić information content (AvgIpc) is 2.61. The Balaban J connectivity index is 2.50. The van der Waals surface area contributed by atoms with E-state index < -0.39 is 0 Å². The van der Waals surface area contributed by atoms with Crippen LogP contribution in [-0.2, 0) is 0 Å². The highest BCUT2D eigenvalue weighted by atomic mass is 16.4. The van der Waals surface area contributed by atoms with E-state index in [4.69, 9.17) is 10.2 Å². The molecule has 1 heterocycles. The molecule has 0 radical (unpaired) electrons. The SMILES string of the molecule is Cc1ccc(-c2oc(N)nc2C(C)C)cc1. The van der Waals surface area contributed by atoms with Crippen molar-refractivity contribution in [3.63, 3.8) is 0 Å². The van der Waals surface area contributed by atoms with Crippen LogP contribution in [0.4, 0.5) is 6.01 Å². The van der Waals surface area contributed by atoms with Gasteiger partial charge in [-0.05, 0) is 12.8 Å². The minimum absolute atomic E-state index is 0.235. The molecule has 1 aromatic heterocycles. The molecule has 0 atom stereocenters. The predicted molar refractivity (Wildman–Crippen MR) is 65.2 cm³/mol. The van der Waals surface area contributed by atoms with E-state index in [0.29, 0.717) is 5.92 Å². The normalized spacial score (nSPS) is 11.0. The Morgan fingerprint density at radius 2 is 1.81 bits per heavy atom. The molecule has 2 aromatic rings. The Morgan fingerprint density at radius 3 is 2.38 bits per heavy atom. The third kappa shape index (κ3) is 1.94. The lowest BCUT2D eigenvalue weighted by atomic mass is 10.0. The van der Waals surface area contributed by atoms with Crippen LogP contribution in [0.1, 0.15) is 31.0 Å². The van der Waals surface area contributed by atoms with Crippen LogP contribution in [0.3, 0.4) is 0 Å². The largest absolute Gasteiger partial charge is 0.423 e. The number of nitrogen functional groups attached to an aromatic ring is 1. The van der Waals surface area contributed by atoms with Crippen LogP contribution in [0.5, 0.6) is 0 Å². The first-order valence-corrected chi connectivity index (χ1v) is 5.41. The van der Waals surface area contributed by atoms with Crippen molar-refractivity contribution >= 4 is 6.01 Å². The molecule has 0 aliphatic rings. The molecule has 1 aromatic carbocycles. The van der Waals surface area contributed by atoms with Crippen LogP contribution < -0.4 is 5.73 Å². The highest BCUT2D eigenvalue weighted by molar-refractivity contribution is 5.62. The Kier molecular flexibility index (Phi) is 2.69. The summed E-state index contributed by atoms with van der Waals surface area (Å²) in [6, 6.07) is 8.40. The van der Waals surface area contributed by atoms with Gasteiger partial charge in [0.25, 0.3) is 6.01 Å². The molecular formula is C13H16N2O. The first-order valence-electron chi connectivity index (χ1n) is 5.41. The maximum Gasteiger partial charge on any atom is 0.292 e. The Bertz CT molecular complexity index is 483. The quantitative estimate of drug-likeness (QED) is 0.837. The molecule has 0 fully saturated rings. The molecule has 84 valence electrons. The van der Waals surface area contributed by atoms with Crippen molar-refractivity contribution < 1.29 is 4.42 Å². The Morgan fingerprint density at radius 1 is 1.19 bits per heavy atom. The Labute approximate surface area is 95.3 Å². The molecule has 3 nitrogen and oxygen atoms in total. The van der Waals surface area contributed by atoms with Crippen molar-refractivity contribution in [3.05, 3.63) is 35.5 Å². The number of aryl methyl sites for hydroxylation is 1. The number of hydrogen-bond acceptors (Lipinski definition) is 3. The van der Waals surface area contributed by atoms with Crippen LogP contribution in [-0.4, -0.2) is 4.98 Å². The van der Waals surface area contributed by atoms with E-state index in [1.807, 2.05) is 12.1 Å². The highest BCUT2D eigenvalue weighted by Crippen LogP contribution is 2.30. The zero-order chi connectivity index (χ0) is 11.7. The van der Waals surface area contributed by atoms with Gasteiger partial charge in [0, 0.05) is 5.56 Å². The maximum atomic E-state index is 5.61. The summed E-state index contributed by atoms with van der Waals surface area (Å²) in [6.45, 7) is 6.21. The number of rotatable bonds is 2. The van der Waals surface area contributed by atoms with Crippen LogP contribution in [0.15, 0.2) is 28.7 Å². The van der Waals surface area contributed by atoms with Gasteiger partial charge in [0.1, 0.15) is 0 Å². The molecular weight excluding hydrogens is 200 g/mol. The molecule has 0 unspecified atom stereocenters. The highest BCUT2D eigenvalue weighted by Gasteiger charge is 2.16. The van der Waals surface area contributed by atoms with Gasteiger partial charge in [0.05, 0.1) is 5.69 Å². The Hall–Kier alpha value is -1.77. The number of anilines is 1. The van der Waals surface area contributed by atoms with Crippen LogP contribution >= 0.6 is 0 Å². The van der Waals surface area contributed by atoms with E-state index in [1.165, 1.54) is 5.56 Å². The second-order valence-electron chi connectivity index (χ2n) is 4.29. The molecule has 0 saturated heterocycles. The van der Waals surface area contributed by atoms with Gasteiger partial charge in [-0.25, -0.2) is 0 Å². The number of nitrogens with zero attached hydrogens (tertiary/aromatic N) is 1. The fourth-order valence-corrected chi connectivity index (χ4v) is 1.65. The molecule has 0 amide bonds. The number of benzene rings is 1. The van der Waals surface area contributed by atoms with Gasteiger partial charge in [0.2, 0.25) is 0 Å². The lowest BCUT2D eigenvalue weighted by Crippen LogP contribution is -1.91. The summed E-state index contributed by atoms with van der Waals surface area (Å²) in [4.78, 5) is 4.22. The topological polar surface area (TPSA) is 52.0 Å².